The van der Waals surface area contributed by atoms with Gasteiger partial charge in [0, 0.05) is 7.05 Å². The fourth-order valence-electron chi connectivity index (χ4n) is 3.62. The summed E-state index contributed by atoms with van der Waals surface area (Å²) in [7, 11) is 1.69. The van der Waals surface area contributed by atoms with Gasteiger partial charge in [-0.05, 0) is 41.5 Å². The molecule has 1 atom stereocenters. The van der Waals surface area contributed by atoms with Gasteiger partial charge in [0.1, 0.15) is 12.1 Å². The van der Waals surface area contributed by atoms with E-state index in [1.165, 1.54) is 0 Å². The van der Waals surface area contributed by atoms with Crippen molar-refractivity contribution in [3.63, 3.8) is 0 Å². The molecule has 1 heterocycles. The number of rotatable bonds is 5. The third kappa shape index (κ3) is 3.45. The summed E-state index contributed by atoms with van der Waals surface area (Å²) in [6.45, 7) is 1.29. The first-order chi connectivity index (χ1) is 14.4. The van der Waals surface area contributed by atoms with Gasteiger partial charge >= 0.3 is 6.03 Å². The van der Waals surface area contributed by atoms with Crippen molar-refractivity contribution in [1.29, 1.82) is 0 Å². The minimum atomic E-state index is -1.23. The van der Waals surface area contributed by atoms with Crippen molar-refractivity contribution in [1.82, 2.24) is 15.6 Å². The molecule has 4 rings (SSSR count). The fraction of sp³-hybridized carbons (Fsp3) is 0.174. The molecular weight excluding hydrogens is 380 g/mol. The summed E-state index contributed by atoms with van der Waals surface area (Å²) >= 11 is 0. The van der Waals surface area contributed by atoms with Crippen LogP contribution in [0.15, 0.2) is 72.8 Å². The number of hydrogen-bond donors (Lipinski definition) is 2. The largest absolute Gasteiger partial charge is 0.325 e. The number of carbonyl (C=O) groups excluding carboxylic acids is 3. The van der Waals surface area contributed by atoms with Crippen molar-refractivity contribution in [2.45, 2.75) is 12.5 Å². The standard InChI is InChI=1S/C23H22N4O3/c1-23(18-13-12-16-8-6-7-9-17(16)14-18)21(29)27(22(30)24-23)15-20(28)25-26(2)19-10-4-3-5-11-19/h3-14H,15H2,1-2H3,(H,24,30)(H,25,28)/t23-/m1/s1. The van der Waals surface area contributed by atoms with E-state index in [0.29, 0.717) is 5.56 Å². The molecule has 7 nitrogen and oxygen atoms in total. The van der Waals surface area contributed by atoms with Gasteiger partial charge in [0.15, 0.2) is 0 Å². The molecule has 0 saturated carbocycles. The lowest BCUT2D eigenvalue weighted by atomic mass is 9.90. The molecule has 152 valence electrons. The van der Waals surface area contributed by atoms with E-state index < -0.39 is 23.4 Å². The molecule has 0 aliphatic carbocycles. The van der Waals surface area contributed by atoms with Gasteiger partial charge in [-0.2, -0.15) is 0 Å². The zero-order valence-electron chi connectivity index (χ0n) is 16.8. The van der Waals surface area contributed by atoms with E-state index in [0.717, 1.165) is 21.4 Å². The van der Waals surface area contributed by atoms with E-state index in [4.69, 9.17) is 0 Å². The second-order valence-corrected chi connectivity index (χ2v) is 7.44. The summed E-state index contributed by atoms with van der Waals surface area (Å²) in [6, 6.07) is 22.1. The quantitative estimate of drug-likeness (QED) is 0.508. The van der Waals surface area contributed by atoms with E-state index in [1.54, 1.807) is 19.0 Å². The third-order valence-electron chi connectivity index (χ3n) is 5.34. The van der Waals surface area contributed by atoms with Crippen LogP contribution in [0.1, 0.15) is 12.5 Å². The second-order valence-electron chi connectivity index (χ2n) is 7.44. The maximum Gasteiger partial charge on any atom is 0.325 e. The average molecular weight is 402 g/mol. The first-order valence-electron chi connectivity index (χ1n) is 9.60. The summed E-state index contributed by atoms with van der Waals surface area (Å²) in [6.07, 6.45) is 0. The lowest BCUT2D eigenvalue weighted by Crippen LogP contribution is -2.47. The Morgan fingerprint density at radius 2 is 1.67 bits per heavy atom. The molecule has 1 saturated heterocycles. The summed E-state index contributed by atoms with van der Waals surface area (Å²) < 4.78 is 0. The number of nitrogens with zero attached hydrogens (tertiary/aromatic N) is 2. The van der Waals surface area contributed by atoms with Crippen LogP contribution in [0.3, 0.4) is 0 Å². The summed E-state index contributed by atoms with van der Waals surface area (Å²) in [5.41, 5.74) is 2.90. The molecule has 7 heteroatoms. The second kappa shape index (κ2) is 7.51. The number of hydrogen-bond acceptors (Lipinski definition) is 4. The molecule has 0 radical (unpaired) electrons. The van der Waals surface area contributed by atoms with Crippen LogP contribution in [0.4, 0.5) is 10.5 Å². The van der Waals surface area contributed by atoms with E-state index in [9.17, 15) is 14.4 Å². The maximum absolute atomic E-state index is 13.1. The lowest BCUT2D eigenvalue weighted by Gasteiger charge is -2.23. The Bertz CT molecular complexity index is 1130. The van der Waals surface area contributed by atoms with Crippen LogP contribution < -0.4 is 15.8 Å². The van der Waals surface area contributed by atoms with Gasteiger partial charge in [-0.1, -0.05) is 54.6 Å². The molecule has 1 aliphatic rings. The van der Waals surface area contributed by atoms with E-state index >= 15 is 0 Å². The van der Waals surface area contributed by atoms with Crippen molar-refractivity contribution in [3.05, 3.63) is 78.4 Å². The number of benzene rings is 3. The normalized spacial score (nSPS) is 18.4. The van der Waals surface area contributed by atoms with Crippen LogP contribution in [-0.2, 0) is 15.1 Å². The predicted molar refractivity (Wildman–Crippen MR) is 115 cm³/mol. The van der Waals surface area contributed by atoms with Gasteiger partial charge in [-0.3, -0.25) is 24.9 Å². The van der Waals surface area contributed by atoms with Crippen LogP contribution in [0.5, 0.6) is 0 Å². The topological polar surface area (TPSA) is 81.8 Å². The molecule has 2 N–H and O–H groups in total. The molecule has 3 aromatic carbocycles. The molecule has 1 fully saturated rings. The maximum atomic E-state index is 13.1. The Kier molecular flexibility index (Phi) is 4.87. The fourth-order valence-corrected chi connectivity index (χ4v) is 3.62. The minimum Gasteiger partial charge on any atom is -0.319 e. The van der Waals surface area contributed by atoms with Gasteiger partial charge in [0.25, 0.3) is 11.8 Å². The van der Waals surface area contributed by atoms with Crippen LogP contribution in [0, 0.1) is 0 Å². The van der Waals surface area contributed by atoms with E-state index in [1.807, 2.05) is 72.8 Å². The molecule has 1 aliphatic heterocycles. The van der Waals surface area contributed by atoms with Crippen LogP contribution in [0.25, 0.3) is 10.8 Å². The Balaban J connectivity index is 1.51. The van der Waals surface area contributed by atoms with Gasteiger partial charge in [-0.15, -0.1) is 0 Å². The Morgan fingerprint density at radius 1 is 1.00 bits per heavy atom. The van der Waals surface area contributed by atoms with Crippen molar-refractivity contribution in [2.75, 3.05) is 18.6 Å². The monoisotopic (exact) mass is 402 g/mol. The van der Waals surface area contributed by atoms with Gasteiger partial charge in [0.05, 0.1) is 5.69 Å². The smallest absolute Gasteiger partial charge is 0.319 e. The highest BCUT2D eigenvalue weighted by Gasteiger charge is 2.49. The predicted octanol–water partition coefficient (Wildman–Crippen LogP) is 2.77. The average Bonchev–Trinajstić information content (AvgIpc) is 2.98. The van der Waals surface area contributed by atoms with Crippen LogP contribution in [-0.4, -0.2) is 36.3 Å². The minimum absolute atomic E-state index is 0.370. The molecule has 0 spiro atoms. The Labute approximate surface area is 174 Å². The van der Waals surface area contributed by atoms with Gasteiger partial charge in [-0.25, -0.2) is 4.79 Å². The van der Waals surface area contributed by atoms with E-state index in [2.05, 4.69) is 10.7 Å². The van der Waals surface area contributed by atoms with Crippen molar-refractivity contribution < 1.29 is 14.4 Å². The number of anilines is 1. The number of urea groups is 1. The lowest BCUT2D eigenvalue weighted by molar-refractivity contribution is -0.134. The number of fused-ring (bicyclic) bond motifs is 1. The molecule has 0 unspecified atom stereocenters. The molecule has 0 aromatic heterocycles. The Hall–Kier alpha value is -3.87. The summed E-state index contributed by atoms with van der Waals surface area (Å²) in [5, 5.41) is 6.30. The molecule has 4 amide bonds. The highest BCUT2D eigenvalue weighted by Crippen LogP contribution is 2.30. The zero-order chi connectivity index (χ0) is 21.3. The van der Waals surface area contributed by atoms with Crippen molar-refractivity contribution >= 4 is 34.3 Å². The number of hydrazine groups is 1. The first-order valence-corrected chi connectivity index (χ1v) is 9.60. The number of nitrogens with one attached hydrogen (secondary N) is 2. The zero-order valence-corrected chi connectivity index (χ0v) is 16.8. The molecular formula is C23H22N4O3. The van der Waals surface area contributed by atoms with Gasteiger partial charge < -0.3 is 5.32 Å². The number of amides is 4. The SMILES string of the molecule is CN(NC(=O)CN1C(=O)N[C@](C)(c2ccc3ccccc3c2)C1=O)c1ccccc1. The Morgan fingerprint density at radius 3 is 2.40 bits per heavy atom. The molecule has 30 heavy (non-hydrogen) atoms. The third-order valence-corrected chi connectivity index (χ3v) is 5.34. The highest BCUT2D eigenvalue weighted by atomic mass is 16.2. The highest BCUT2D eigenvalue weighted by molar-refractivity contribution is 6.09. The van der Waals surface area contributed by atoms with Crippen LogP contribution >= 0.6 is 0 Å². The molecule has 0 bridgehead atoms. The van der Waals surface area contributed by atoms with Crippen molar-refractivity contribution in [2.24, 2.45) is 0 Å². The molecule has 3 aromatic rings. The number of para-hydroxylation sites is 1. The number of carbonyl (C=O) groups is 3. The van der Waals surface area contributed by atoms with E-state index in [-0.39, 0.29) is 6.54 Å². The number of imide groups is 1. The van der Waals surface area contributed by atoms with Gasteiger partial charge in [0.2, 0.25) is 0 Å². The first kappa shape index (κ1) is 19.4. The van der Waals surface area contributed by atoms with Crippen LogP contribution in [0.2, 0.25) is 0 Å². The summed E-state index contributed by atoms with van der Waals surface area (Å²) in [5.74, 6) is -0.923. The summed E-state index contributed by atoms with van der Waals surface area (Å²) in [4.78, 5) is 39.1. The van der Waals surface area contributed by atoms with Crippen molar-refractivity contribution in [3.8, 4) is 0 Å².